The van der Waals surface area contributed by atoms with E-state index >= 15 is 0 Å². The second-order valence-corrected chi connectivity index (χ2v) is 6.28. The van der Waals surface area contributed by atoms with Gasteiger partial charge in [0.05, 0.1) is 11.8 Å². The molecule has 1 saturated carbocycles. The van der Waals surface area contributed by atoms with E-state index in [0.29, 0.717) is 13.0 Å². The number of rotatable bonds is 4. The van der Waals surface area contributed by atoms with Crippen molar-refractivity contribution in [3.8, 4) is 0 Å². The Morgan fingerprint density at radius 3 is 2.68 bits per heavy atom. The summed E-state index contributed by atoms with van der Waals surface area (Å²) < 4.78 is 19.3. The van der Waals surface area contributed by atoms with E-state index in [1.165, 1.54) is 6.07 Å². The first-order chi connectivity index (χ1) is 9.72. The number of ether oxygens (including phenoxy) is 1. The summed E-state index contributed by atoms with van der Waals surface area (Å²) in [6, 6.07) is 4.59. The van der Waals surface area contributed by atoms with Gasteiger partial charge < -0.3 is 15.8 Å². The number of carbonyl (C=O) groups excluding carboxylic acids is 1. The van der Waals surface area contributed by atoms with Crippen molar-refractivity contribution in [3.05, 3.63) is 29.6 Å². The number of amides is 1. The Morgan fingerprint density at radius 1 is 1.50 bits per heavy atom. The number of hydrogen-bond acceptors (Lipinski definition) is 3. The fourth-order valence-corrected chi connectivity index (χ4v) is 2.79. The molecule has 22 heavy (non-hydrogen) atoms. The van der Waals surface area contributed by atoms with Crippen LogP contribution in [0.15, 0.2) is 18.2 Å². The van der Waals surface area contributed by atoms with E-state index in [0.717, 1.165) is 5.56 Å². The highest BCUT2D eigenvalue weighted by molar-refractivity contribution is 5.99. The number of benzene rings is 1. The maximum Gasteiger partial charge on any atom is 0.245 e. The van der Waals surface area contributed by atoms with Crippen molar-refractivity contribution in [2.75, 3.05) is 11.9 Å². The van der Waals surface area contributed by atoms with E-state index in [-0.39, 0.29) is 30.1 Å². The monoisotopic (exact) mass is 330 g/mol. The van der Waals surface area contributed by atoms with Crippen LogP contribution in [-0.4, -0.2) is 24.2 Å². The van der Waals surface area contributed by atoms with Gasteiger partial charge in [-0.15, -0.1) is 12.4 Å². The minimum atomic E-state index is -1.05. The van der Waals surface area contributed by atoms with Crippen LogP contribution in [-0.2, 0) is 9.53 Å². The zero-order valence-electron chi connectivity index (χ0n) is 13.4. The lowest BCUT2D eigenvalue weighted by atomic mass is 9.54. The van der Waals surface area contributed by atoms with Gasteiger partial charge in [0.25, 0.3) is 0 Å². The zero-order chi connectivity index (χ0) is 15.8. The largest absolute Gasteiger partial charge is 0.378 e. The number of hydrogen-bond donors (Lipinski definition) is 2. The lowest BCUT2D eigenvalue weighted by molar-refractivity contribution is -0.166. The van der Waals surface area contributed by atoms with Crippen molar-refractivity contribution in [1.82, 2.24) is 0 Å². The Labute approximate surface area is 137 Å². The van der Waals surface area contributed by atoms with Crippen molar-refractivity contribution in [2.24, 2.45) is 11.1 Å². The van der Waals surface area contributed by atoms with Crippen LogP contribution in [0.3, 0.4) is 0 Å². The Balaban J connectivity index is 0.00000242. The molecule has 2 rings (SSSR count). The molecule has 2 unspecified atom stereocenters. The first-order valence-corrected chi connectivity index (χ1v) is 7.20. The van der Waals surface area contributed by atoms with Crippen LogP contribution in [0.2, 0.25) is 0 Å². The van der Waals surface area contributed by atoms with Gasteiger partial charge in [0.15, 0.2) is 0 Å². The van der Waals surface area contributed by atoms with Crippen LogP contribution in [0.1, 0.15) is 32.8 Å². The highest BCUT2D eigenvalue weighted by Gasteiger charge is 2.62. The third-order valence-corrected chi connectivity index (χ3v) is 4.61. The van der Waals surface area contributed by atoms with Gasteiger partial charge >= 0.3 is 0 Å². The van der Waals surface area contributed by atoms with E-state index in [1.54, 1.807) is 12.1 Å². The summed E-state index contributed by atoms with van der Waals surface area (Å²) >= 11 is 0. The SMILES string of the molecule is CCOC1CC(N)(C(=O)Nc2cc(C)ccc2F)C1(C)C.Cl. The fourth-order valence-electron chi connectivity index (χ4n) is 2.79. The molecule has 124 valence electrons. The lowest BCUT2D eigenvalue weighted by Crippen LogP contribution is -2.74. The van der Waals surface area contributed by atoms with E-state index in [4.69, 9.17) is 10.5 Å². The molecule has 2 atom stereocenters. The van der Waals surface area contributed by atoms with Gasteiger partial charge in [-0.05, 0) is 31.5 Å². The van der Waals surface area contributed by atoms with Crippen LogP contribution >= 0.6 is 12.4 Å². The molecule has 1 aromatic carbocycles. The highest BCUT2D eigenvalue weighted by atomic mass is 35.5. The van der Waals surface area contributed by atoms with Gasteiger partial charge in [-0.1, -0.05) is 19.9 Å². The molecule has 1 fully saturated rings. The first kappa shape index (κ1) is 18.9. The van der Waals surface area contributed by atoms with E-state index in [2.05, 4.69) is 5.32 Å². The van der Waals surface area contributed by atoms with Gasteiger partial charge in [0, 0.05) is 18.4 Å². The standard InChI is InChI=1S/C16H23FN2O2.ClH/c1-5-21-13-9-16(18,15(13,3)4)14(20)19-12-8-10(2)6-7-11(12)17;/h6-8,13H,5,9,18H2,1-4H3,(H,19,20);1H. The van der Waals surface area contributed by atoms with Gasteiger partial charge in [-0.25, -0.2) is 4.39 Å². The maximum atomic E-state index is 13.7. The molecular formula is C16H24ClFN2O2. The quantitative estimate of drug-likeness (QED) is 0.892. The molecule has 0 aliphatic heterocycles. The van der Waals surface area contributed by atoms with Crippen LogP contribution in [0, 0.1) is 18.2 Å². The Hall–Kier alpha value is -1.17. The average molecular weight is 331 g/mol. The zero-order valence-corrected chi connectivity index (χ0v) is 14.2. The van der Waals surface area contributed by atoms with Crippen molar-refractivity contribution >= 4 is 24.0 Å². The van der Waals surface area contributed by atoms with Gasteiger partial charge in [0.2, 0.25) is 5.91 Å². The molecule has 1 aromatic rings. The molecule has 0 aromatic heterocycles. The molecular weight excluding hydrogens is 307 g/mol. The highest BCUT2D eigenvalue weighted by Crippen LogP contribution is 2.50. The molecule has 0 radical (unpaired) electrons. The third kappa shape index (κ3) is 2.98. The normalized spacial score (nSPS) is 25.8. The van der Waals surface area contributed by atoms with Crippen LogP contribution in [0.4, 0.5) is 10.1 Å². The fraction of sp³-hybridized carbons (Fsp3) is 0.562. The van der Waals surface area contributed by atoms with Gasteiger partial charge in [0.1, 0.15) is 11.4 Å². The molecule has 3 N–H and O–H groups in total. The summed E-state index contributed by atoms with van der Waals surface area (Å²) in [6.45, 7) is 8.14. The van der Waals surface area contributed by atoms with Crippen molar-refractivity contribution in [3.63, 3.8) is 0 Å². The molecule has 1 aliphatic carbocycles. The molecule has 1 aliphatic rings. The summed E-state index contributed by atoms with van der Waals surface area (Å²) in [6.07, 6.45) is 0.383. The summed E-state index contributed by atoms with van der Waals surface area (Å²) in [5, 5.41) is 2.62. The Kier molecular flexibility index (Phi) is 5.60. The molecule has 0 saturated heterocycles. The lowest BCUT2D eigenvalue weighted by Gasteiger charge is -2.57. The summed E-state index contributed by atoms with van der Waals surface area (Å²) in [7, 11) is 0. The van der Waals surface area contributed by atoms with Crippen LogP contribution in [0.25, 0.3) is 0 Å². The van der Waals surface area contributed by atoms with Crippen molar-refractivity contribution < 1.29 is 13.9 Å². The molecule has 6 heteroatoms. The number of anilines is 1. The topological polar surface area (TPSA) is 64.3 Å². The number of nitrogens with two attached hydrogens (primary N) is 1. The maximum absolute atomic E-state index is 13.7. The molecule has 0 heterocycles. The predicted molar refractivity (Wildman–Crippen MR) is 87.7 cm³/mol. The number of nitrogens with one attached hydrogen (secondary N) is 1. The summed E-state index contributed by atoms with van der Waals surface area (Å²) in [5.74, 6) is -0.830. The molecule has 0 bridgehead atoms. The van der Waals surface area contributed by atoms with Crippen molar-refractivity contribution in [2.45, 2.75) is 45.8 Å². The second kappa shape index (κ2) is 6.52. The Bertz CT molecular complexity index is 565. The Morgan fingerprint density at radius 2 is 2.14 bits per heavy atom. The van der Waals surface area contributed by atoms with E-state index < -0.39 is 16.8 Å². The number of carbonyl (C=O) groups is 1. The average Bonchev–Trinajstić information content (AvgIpc) is 2.42. The summed E-state index contributed by atoms with van der Waals surface area (Å²) in [4.78, 5) is 12.5. The van der Waals surface area contributed by atoms with Crippen LogP contribution in [0.5, 0.6) is 0 Å². The van der Waals surface area contributed by atoms with Gasteiger partial charge in [-0.3, -0.25) is 4.79 Å². The molecule has 4 nitrogen and oxygen atoms in total. The minimum absolute atomic E-state index is 0. The van der Waals surface area contributed by atoms with Crippen molar-refractivity contribution in [1.29, 1.82) is 0 Å². The smallest absolute Gasteiger partial charge is 0.245 e. The van der Waals surface area contributed by atoms with Gasteiger partial charge in [-0.2, -0.15) is 0 Å². The molecule has 0 spiro atoms. The number of aryl methyl sites for hydroxylation is 1. The van der Waals surface area contributed by atoms with E-state index in [9.17, 15) is 9.18 Å². The summed E-state index contributed by atoms with van der Waals surface area (Å²) in [5.41, 5.74) is 5.76. The third-order valence-electron chi connectivity index (χ3n) is 4.61. The minimum Gasteiger partial charge on any atom is -0.378 e. The predicted octanol–water partition coefficient (Wildman–Crippen LogP) is 3.03. The molecule has 1 amide bonds. The van der Waals surface area contributed by atoms with Crippen LogP contribution < -0.4 is 11.1 Å². The second-order valence-electron chi connectivity index (χ2n) is 6.28. The number of halogens is 2. The van der Waals surface area contributed by atoms with E-state index in [1.807, 2.05) is 27.7 Å². The first-order valence-electron chi connectivity index (χ1n) is 7.20.